The summed E-state index contributed by atoms with van der Waals surface area (Å²) < 4.78 is 10.4. The number of rotatable bonds is 5. The first-order valence-electron chi connectivity index (χ1n) is 7.69. The van der Waals surface area contributed by atoms with Crippen LogP contribution in [0.5, 0.6) is 0 Å². The number of nitrogens with zero attached hydrogens (tertiary/aromatic N) is 2. The van der Waals surface area contributed by atoms with Crippen LogP contribution >= 0.6 is 0 Å². The molecule has 0 spiro atoms. The van der Waals surface area contributed by atoms with E-state index in [1.165, 1.54) is 0 Å². The first kappa shape index (κ1) is 16.7. The third kappa shape index (κ3) is 3.74. The first-order valence-corrected chi connectivity index (χ1v) is 7.69. The third-order valence-electron chi connectivity index (χ3n) is 3.72. The van der Waals surface area contributed by atoms with E-state index < -0.39 is 5.97 Å². The molecule has 0 aliphatic heterocycles. The van der Waals surface area contributed by atoms with Gasteiger partial charge in [0, 0.05) is 24.8 Å². The summed E-state index contributed by atoms with van der Waals surface area (Å²) in [4.78, 5) is 20.9. The molecule has 6 nitrogen and oxygen atoms in total. The second kappa shape index (κ2) is 6.60. The molecule has 0 saturated heterocycles. The molecule has 0 amide bonds. The van der Waals surface area contributed by atoms with E-state index in [4.69, 9.17) is 9.47 Å². The van der Waals surface area contributed by atoms with Crippen LogP contribution in [0, 0.1) is 0 Å². The zero-order valence-electron chi connectivity index (χ0n) is 14.0. The second-order valence-electron chi connectivity index (χ2n) is 6.60. The van der Waals surface area contributed by atoms with E-state index in [-0.39, 0.29) is 17.6 Å². The summed E-state index contributed by atoms with van der Waals surface area (Å²) in [6.07, 6.45) is 3.66. The molecule has 1 aromatic rings. The van der Waals surface area contributed by atoms with Crippen molar-refractivity contribution in [1.29, 1.82) is 0 Å². The third-order valence-corrected chi connectivity index (χ3v) is 3.72. The van der Waals surface area contributed by atoms with Gasteiger partial charge in [0.05, 0.1) is 12.7 Å². The predicted octanol–water partition coefficient (Wildman–Crippen LogP) is 2.54. The number of carbonyl (C=O) groups excluding carboxylic acids is 1. The van der Waals surface area contributed by atoms with Crippen molar-refractivity contribution < 1.29 is 14.3 Å². The number of methoxy groups -OCH3 is 1. The Labute approximate surface area is 131 Å². The second-order valence-corrected chi connectivity index (χ2v) is 6.60. The fraction of sp³-hybridized carbons (Fsp3) is 0.688. The van der Waals surface area contributed by atoms with Gasteiger partial charge in [-0.1, -0.05) is 20.8 Å². The van der Waals surface area contributed by atoms with Gasteiger partial charge in [-0.2, -0.15) is 0 Å². The van der Waals surface area contributed by atoms with Gasteiger partial charge in [-0.05, 0) is 19.8 Å². The van der Waals surface area contributed by atoms with Crippen LogP contribution in [0.1, 0.15) is 56.7 Å². The quantitative estimate of drug-likeness (QED) is 0.843. The number of nitrogens with one attached hydrogen (secondary N) is 1. The molecule has 0 radical (unpaired) electrons. The Morgan fingerprint density at radius 2 is 2.09 bits per heavy atom. The van der Waals surface area contributed by atoms with E-state index in [2.05, 4.69) is 15.3 Å². The largest absolute Gasteiger partial charge is 0.462 e. The van der Waals surface area contributed by atoms with Crippen molar-refractivity contribution in [3.63, 3.8) is 0 Å². The van der Waals surface area contributed by atoms with Crippen molar-refractivity contribution in [3.05, 3.63) is 17.6 Å². The van der Waals surface area contributed by atoms with E-state index in [1.807, 2.05) is 20.8 Å². The Balaban J connectivity index is 2.23. The molecule has 1 N–H and O–H groups in total. The van der Waals surface area contributed by atoms with Crippen LogP contribution in [-0.4, -0.2) is 41.8 Å². The van der Waals surface area contributed by atoms with E-state index in [0.29, 0.717) is 23.8 Å². The smallest absolute Gasteiger partial charge is 0.343 e. The number of anilines is 1. The van der Waals surface area contributed by atoms with Crippen LogP contribution in [0.4, 0.5) is 5.82 Å². The standard InChI is InChI=1S/C16H25N3O3/c1-6-22-14(20)12-9-17-15(16(2,3)4)19-13(12)18-10-7-11(8-10)21-5/h9-11H,6-8H2,1-5H3,(H,17,18,19). The van der Waals surface area contributed by atoms with Crippen LogP contribution in [0.2, 0.25) is 0 Å². The van der Waals surface area contributed by atoms with Gasteiger partial charge in [0.2, 0.25) is 0 Å². The average molecular weight is 307 g/mol. The number of hydrogen-bond donors (Lipinski definition) is 1. The van der Waals surface area contributed by atoms with Crippen LogP contribution < -0.4 is 5.32 Å². The zero-order chi connectivity index (χ0) is 16.3. The summed E-state index contributed by atoms with van der Waals surface area (Å²) in [5.74, 6) is 0.858. The molecule has 1 aliphatic carbocycles. The lowest BCUT2D eigenvalue weighted by molar-refractivity contribution is 0.0327. The molecule has 1 heterocycles. The molecule has 22 heavy (non-hydrogen) atoms. The Bertz CT molecular complexity index is 534. The van der Waals surface area contributed by atoms with Crippen LogP contribution in [0.25, 0.3) is 0 Å². The monoisotopic (exact) mass is 307 g/mol. The van der Waals surface area contributed by atoms with Gasteiger partial charge < -0.3 is 14.8 Å². The van der Waals surface area contributed by atoms with Crippen molar-refractivity contribution in [3.8, 4) is 0 Å². The minimum absolute atomic E-state index is 0.182. The van der Waals surface area contributed by atoms with Crippen LogP contribution in [-0.2, 0) is 14.9 Å². The molecule has 1 aromatic heterocycles. The number of esters is 1. The van der Waals surface area contributed by atoms with Crippen molar-refractivity contribution in [2.75, 3.05) is 19.0 Å². The molecule has 0 bridgehead atoms. The topological polar surface area (TPSA) is 73.3 Å². The molecule has 1 saturated carbocycles. The number of aromatic nitrogens is 2. The first-order chi connectivity index (χ1) is 10.3. The summed E-state index contributed by atoms with van der Waals surface area (Å²) in [5.41, 5.74) is 0.203. The fourth-order valence-corrected chi connectivity index (χ4v) is 2.28. The maximum absolute atomic E-state index is 12.1. The normalized spacial score (nSPS) is 21.1. The number of ether oxygens (including phenoxy) is 2. The summed E-state index contributed by atoms with van der Waals surface area (Å²) in [5, 5.41) is 3.33. The highest BCUT2D eigenvalue weighted by Crippen LogP contribution is 2.28. The molecule has 0 unspecified atom stereocenters. The minimum Gasteiger partial charge on any atom is -0.462 e. The molecular weight excluding hydrogens is 282 g/mol. The molecule has 2 rings (SSSR count). The van der Waals surface area contributed by atoms with Gasteiger partial charge >= 0.3 is 5.97 Å². The number of carbonyl (C=O) groups is 1. The predicted molar refractivity (Wildman–Crippen MR) is 84.1 cm³/mol. The lowest BCUT2D eigenvalue weighted by Gasteiger charge is -2.35. The number of hydrogen-bond acceptors (Lipinski definition) is 6. The average Bonchev–Trinajstić information content (AvgIpc) is 2.41. The minimum atomic E-state index is -0.395. The fourth-order valence-electron chi connectivity index (χ4n) is 2.28. The van der Waals surface area contributed by atoms with E-state index >= 15 is 0 Å². The van der Waals surface area contributed by atoms with Gasteiger partial charge in [-0.3, -0.25) is 0 Å². The summed E-state index contributed by atoms with van der Waals surface area (Å²) in [7, 11) is 1.72. The van der Waals surface area contributed by atoms with Crippen molar-refractivity contribution >= 4 is 11.8 Å². The highest BCUT2D eigenvalue weighted by atomic mass is 16.5. The van der Waals surface area contributed by atoms with Gasteiger partial charge in [-0.25, -0.2) is 14.8 Å². The highest BCUT2D eigenvalue weighted by Gasteiger charge is 2.31. The van der Waals surface area contributed by atoms with Gasteiger partial charge in [0.15, 0.2) is 0 Å². The Hall–Kier alpha value is -1.69. The summed E-state index contributed by atoms with van der Waals surface area (Å²) in [6.45, 7) is 8.24. The van der Waals surface area contributed by atoms with Gasteiger partial charge in [-0.15, -0.1) is 0 Å². The summed E-state index contributed by atoms with van der Waals surface area (Å²) >= 11 is 0. The molecular formula is C16H25N3O3. The van der Waals surface area contributed by atoms with Gasteiger partial charge in [0.25, 0.3) is 0 Å². The molecule has 1 fully saturated rings. The van der Waals surface area contributed by atoms with Crippen molar-refractivity contribution in [2.45, 2.75) is 58.1 Å². The Morgan fingerprint density at radius 1 is 1.41 bits per heavy atom. The van der Waals surface area contributed by atoms with Crippen LogP contribution in [0.15, 0.2) is 6.20 Å². The maximum Gasteiger partial charge on any atom is 0.343 e. The summed E-state index contributed by atoms with van der Waals surface area (Å²) in [6, 6.07) is 0.265. The van der Waals surface area contributed by atoms with Crippen molar-refractivity contribution in [1.82, 2.24) is 9.97 Å². The highest BCUT2D eigenvalue weighted by molar-refractivity contribution is 5.94. The molecule has 6 heteroatoms. The lowest BCUT2D eigenvalue weighted by Crippen LogP contribution is -2.41. The van der Waals surface area contributed by atoms with Gasteiger partial charge in [0.1, 0.15) is 17.2 Å². The van der Waals surface area contributed by atoms with Crippen molar-refractivity contribution in [2.24, 2.45) is 0 Å². The molecule has 0 aromatic carbocycles. The van der Waals surface area contributed by atoms with E-state index in [1.54, 1.807) is 20.2 Å². The van der Waals surface area contributed by atoms with Crippen LogP contribution in [0.3, 0.4) is 0 Å². The molecule has 1 aliphatic rings. The lowest BCUT2D eigenvalue weighted by atomic mass is 9.89. The zero-order valence-corrected chi connectivity index (χ0v) is 14.0. The van der Waals surface area contributed by atoms with E-state index in [0.717, 1.165) is 12.8 Å². The Morgan fingerprint density at radius 3 is 2.64 bits per heavy atom. The van der Waals surface area contributed by atoms with E-state index in [9.17, 15) is 4.79 Å². The SMILES string of the molecule is CCOC(=O)c1cnc(C(C)(C)C)nc1NC1CC(OC)C1. The maximum atomic E-state index is 12.1. The molecule has 0 atom stereocenters. The Kier molecular flexibility index (Phi) is 5.01. The molecule has 122 valence electrons.